The monoisotopic (exact) mass is 425 g/mol. The summed E-state index contributed by atoms with van der Waals surface area (Å²) >= 11 is 0.808. The van der Waals surface area contributed by atoms with E-state index in [0.29, 0.717) is 35.5 Å². The fourth-order valence-electron chi connectivity index (χ4n) is 7.89. The predicted octanol–water partition coefficient (Wildman–Crippen LogP) is 6.09. The number of carbonyl (C=O) groups is 2. The summed E-state index contributed by atoms with van der Waals surface area (Å²) in [6, 6.07) is 6.32. The van der Waals surface area contributed by atoms with Crippen molar-refractivity contribution >= 4 is 22.8 Å². The normalized spacial score (nSPS) is 42.7. The first-order valence-corrected chi connectivity index (χ1v) is 12.3. The second-order valence-corrected chi connectivity index (χ2v) is 11.6. The van der Waals surface area contributed by atoms with E-state index in [0.717, 1.165) is 18.2 Å². The van der Waals surface area contributed by atoms with Crippen LogP contribution in [-0.2, 0) is 4.79 Å². The highest BCUT2D eigenvalue weighted by atomic mass is 32.2. The molecular weight excluding hydrogens is 394 g/mol. The largest absolute Gasteiger partial charge is 0.473 e. The molecule has 3 fully saturated rings. The Morgan fingerprint density at radius 2 is 2.00 bits per heavy atom. The molecule has 0 bridgehead atoms. The minimum absolute atomic E-state index is 0.00468. The summed E-state index contributed by atoms with van der Waals surface area (Å²) in [5, 5.41) is 7.90. The number of ketones is 1. The van der Waals surface area contributed by atoms with Crippen LogP contribution >= 0.6 is 11.8 Å². The van der Waals surface area contributed by atoms with Gasteiger partial charge in [0.1, 0.15) is 0 Å². The number of nitrogens with zero attached hydrogens (tertiary/aromatic N) is 1. The lowest BCUT2D eigenvalue weighted by molar-refractivity contribution is -0.116. The fraction of sp³-hybridized carbons (Fsp3) is 0.640. The summed E-state index contributed by atoms with van der Waals surface area (Å²) in [4.78, 5) is 28.6. The van der Waals surface area contributed by atoms with Crippen molar-refractivity contribution in [3.05, 3.63) is 41.7 Å². The summed E-state index contributed by atoms with van der Waals surface area (Å²) in [7, 11) is 0. The second-order valence-electron chi connectivity index (χ2n) is 10.4. The van der Waals surface area contributed by atoms with Crippen LogP contribution < -0.4 is 0 Å². The van der Waals surface area contributed by atoms with Crippen molar-refractivity contribution in [3.8, 4) is 0 Å². The van der Waals surface area contributed by atoms with E-state index in [1.807, 2.05) is 18.3 Å². The highest BCUT2D eigenvalue weighted by molar-refractivity contribution is 8.14. The van der Waals surface area contributed by atoms with Gasteiger partial charge in [0.2, 0.25) is 0 Å². The maximum atomic E-state index is 12.6. The molecule has 4 aliphatic rings. The van der Waals surface area contributed by atoms with E-state index in [-0.39, 0.29) is 11.2 Å². The number of rotatable bonds is 2. The molecule has 0 radical (unpaired) electrons. The first-order chi connectivity index (χ1) is 14.3. The Bertz CT molecular complexity index is 899. The quantitative estimate of drug-likeness (QED) is 0.621. The number of allylic oxidation sites excluding steroid dienone is 1. The third kappa shape index (κ3) is 2.99. The topological polar surface area (TPSA) is 67.3 Å². The molecule has 0 amide bonds. The molecular formula is C25H31NO3S. The maximum Gasteiger partial charge on any atom is 0.365 e. The first-order valence-electron chi connectivity index (χ1n) is 11.4. The average Bonchev–Trinajstić information content (AvgIpc) is 3.06. The maximum absolute atomic E-state index is 12.6. The molecule has 1 heterocycles. The van der Waals surface area contributed by atoms with Gasteiger partial charge in [-0.2, -0.15) is 0 Å². The van der Waals surface area contributed by atoms with Crippen LogP contribution in [0.15, 0.2) is 36.0 Å². The Balaban J connectivity index is 1.44. The van der Waals surface area contributed by atoms with Gasteiger partial charge in [-0.05, 0) is 104 Å². The highest BCUT2D eigenvalue weighted by Gasteiger charge is 2.60. The Morgan fingerprint density at radius 1 is 1.17 bits per heavy atom. The summed E-state index contributed by atoms with van der Waals surface area (Å²) in [5.41, 5.74) is 2.81. The van der Waals surface area contributed by atoms with E-state index < -0.39 is 10.6 Å². The van der Waals surface area contributed by atoms with Gasteiger partial charge in [0.25, 0.3) is 0 Å². The zero-order valence-electron chi connectivity index (χ0n) is 17.8. The highest BCUT2D eigenvalue weighted by Crippen LogP contribution is 2.68. The molecule has 5 rings (SSSR count). The van der Waals surface area contributed by atoms with Gasteiger partial charge < -0.3 is 5.11 Å². The molecule has 4 aliphatic carbocycles. The van der Waals surface area contributed by atoms with Gasteiger partial charge in [-0.15, -0.1) is 0 Å². The molecule has 7 atom stereocenters. The Labute approximate surface area is 182 Å². The van der Waals surface area contributed by atoms with Gasteiger partial charge in [0.15, 0.2) is 5.78 Å². The number of hydrogen-bond donors (Lipinski definition) is 1. The molecule has 1 aromatic heterocycles. The van der Waals surface area contributed by atoms with Crippen LogP contribution in [0.25, 0.3) is 0 Å². The van der Waals surface area contributed by atoms with Gasteiger partial charge >= 0.3 is 5.30 Å². The Morgan fingerprint density at radius 3 is 2.73 bits per heavy atom. The van der Waals surface area contributed by atoms with Crippen LogP contribution in [0.3, 0.4) is 0 Å². The van der Waals surface area contributed by atoms with Crippen molar-refractivity contribution in [2.45, 2.75) is 70.0 Å². The van der Waals surface area contributed by atoms with E-state index >= 15 is 0 Å². The Hall–Kier alpha value is -1.62. The smallest absolute Gasteiger partial charge is 0.365 e. The van der Waals surface area contributed by atoms with Crippen molar-refractivity contribution in [2.24, 2.45) is 28.6 Å². The van der Waals surface area contributed by atoms with Crippen molar-refractivity contribution in [3.63, 3.8) is 0 Å². The van der Waals surface area contributed by atoms with Crippen molar-refractivity contribution < 1.29 is 14.7 Å². The number of pyridine rings is 1. The molecule has 1 N–H and O–H groups in total. The number of thioether (sulfide) groups is 1. The van der Waals surface area contributed by atoms with Crippen LogP contribution in [0, 0.1) is 28.6 Å². The SMILES string of the molecule is C[C@]12CC(SC(=O)O)C(=O)C=C1CC[C@@H]1[C@H]2CC[C@]2(C)C(c3ccccn3)CC[C@@H]12. The average molecular weight is 426 g/mol. The van der Waals surface area contributed by atoms with E-state index in [2.05, 4.69) is 26.0 Å². The number of hydrogen-bond acceptors (Lipinski definition) is 4. The van der Waals surface area contributed by atoms with E-state index in [1.54, 1.807) is 0 Å². The molecule has 3 saturated carbocycles. The Kier molecular flexibility index (Phi) is 4.88. The lowest BCUT2D eigenvalue weighted by Crippen LogP contribution is -2.51. The molecule has 4 nitrogen and oxygen atoms in total. The van der Waals surface area contributed by atoms with E-state index in [9.17, 15) is 14.7 Å². The minimum atomic E-state index is -0.939. The molecule has 2 unspecified atom stereocenters. The lowest BCUT2D eigenvalue weighted by atomic mass is 9.46. The predicted molar refractivity (Wildman–Crippen MR) is 118 cm³/mol. The molecule has 30 heavy (non-hydrogen) atoms. The molecule has 5 heteroatoms. The zero-order valence-corrected chi connectivity index (χ0v) is 18.7. The second kappa shape index (κ2) is 7.22. The summed E-state index contributed by atoms with van der Waals surface area (Å²) < 4.78 is 0. The number of carbonyl (C=O) groups excluding carboxylic acids is 1. The summed E-state index contributed by atoms with van der Waals surface area (Å²) in [6.45, 7) is 4.83. The summed E-state index contributed by atoms with van der Waals surface area (Å²) in [5.74, 6) is 2.47. The molecule has 160 valence electrons. The number of aromatic nitrogens is 1. The fourth-order valence-corrected chi connectivity index (χ4v) is 8.74. The zero-order chi connectivity index (χ0) is 21.1. The van der Waals surface area contributed by atoms with Gasteiger partial charge in [-0.3, -0.25) is 9.78 Å². The van der Waals surface area contributed by atoms with Crippen molar-refractivity contribution in [2.75, 3.05) is 0 Å². The summed E-state index contributed by atoms with van der Waals surface area (Å²) in [6.07, 6.45) is 11.5. The van der Waals surface area contributed by atoms with E-state index in [1.165, 1.54) is 43.4 Å². The standard InChI is InChI=1S/C25H31NO3S/c1-24-11-10-18-16(17(24)8-9-19(24)20-5-3-4-12-26-20)7-6-15-13-21(27)22(30-23(28)29)14-25(15,18)2/h3-5,12-13,16-19,22H,6-11,14H2,1-2H3,(H,28,29)/t16-,17-,18+,19?,22?,24-,25-/m0/s1. The minimum Gasteiger partial charge on any atom is -0.473 e. The van der Waals surface area contributed by atoms with Crippen LogP contribution in [0.4, 0.5) is 4.79 Å². The lowest BCUT2D eigenvalue weighted by Gasteiger charge is -2.58. The first kappa shape index (κ1) is 20.3. The third-order valence-corrected chi connectivity index (χ3v) is 10.2. The van der Waals surface area contributed by atoms with Crippen LogP contribution in [-0.4, -0.2) is 26.4 Å². The van der Waals surface area contributed by atoms with Crippen LogP contribution in [0.5, 0.6) is 0 Å². The molecule has 0 saturated heterocycles. The van der Waals surface area contributed by atoms with Gasteiger partial charge in [0.05, 0.1) is 5.25 Å². The molecule has 0 aromatic carbocycles. The number of carboxylic acid groups (broad SMARTS) is 1. The van der Waals surface area contributed by atoms with Crippen LogP contribution in [0.2, 0.25) is 0 Å². The van der Waals surface area contributed by atoms with Gasteiger partial charge in [0, 0.05) is 17.8 Å². The van der Waals surface area contributed by atoms with Crippen LogP contribution in [0.1, 0.15) is 70.4 Å². The molecule has 0 aliphatic heterocycles. The third-order valence-electron chi connectivity index (χ3n) is 9.27. The van der Waals surface area contributed by atoms with Crippen molar-refractivity contribution in [1.29, 1.82) is 0 Å². The van der Waals surface area contributed by atoms with Crippen molar-refractivity contribution in [1.82, 2.24) is 4.98 Å². The van der Waals surface area contributed by atoms with Gasteiger partial charge in [-0.25, -0.2) is 4.79 Å². The van der Waals surface area contributed by atoms with Gasteiger partial charge in [-0.1, -0.05) is 25.5 Å². The number of fused-ring (bicyclic) bond motifs is 5. The van der Waals surface area contributed by atoms with E-state index in [4.69, 9.17) is 4.98 Å². The molecule has 1 aromatic rings. The molecule has 0 spiro atoms.